The molecule has 0 spiro atoms. The van der Waals surface area contributed by atoms with Crippen molar-refractivity contribution in [3.05, 3.63) is 28.2 Å². The van der Waals surface area contributed by atoms with Gasteiger partial charge in [0, 0.05) is 48.9 Å². The van der Waals surface area contributed by atoms with E-state index in [0.717, 1.165) is 19.1 Å². The molecule has 0 aromatic heterocycles. The van der Waals surface area contributed by atoms with Gasteiger partial charge in [0.2, 0.25) is 0 Å². The Labute approximate surface area is 124 Å². The van der Waals surface area contributed by atoms with Crippen molar-refractivity contribution < 1.29 is 0 Å². The number of hydrogen-bond acceptors (Lipinski definition) is 3. The van der Waals surface area contributed by atoms with Crippen LogP contribution in [0, 0.1) is 6.92 Å². The van der Waals surface area contributed by atoms with Gasteiger partial charge in [0.1, 0.15) is 0 Å². The average Bonchev–Trinajstić information content (AvgIpc) is 2.96. The van der Waals surface area contributed by atoms with E-state index in [1.165, 1.54) is 48.3 Å². The first-order valence-electron chi connectivity index (χ1n) is 7.20. The quantitative estimate of drug-likeness (QED) is 0.900. The fraction of sp³-hybridized carbons (Fsp3) is 0.600. The lowest BCUT2D eigenvalue weighted by atomic mass is 10.1. The number of anilines is 1. The van der Waals surface area contributed by atoms with Crippen LogP contribution in [0.2, 0.25) is 0 Å². The van der Waals surface area contributed by atoms with Crippen LogP contribution in [-0.4, -0.2) is 50.2 Å². The molecule has 1 N–H and O–H groups in total. The fourth-order valence-electron chi connectivity index (χ4n) is 3.07. The summed E-state index contributed by atoms with van der Waals surface area (Å²) in [6.45, 7) is 9.18. The minimum absolute atomic E-state index is 0.770. The molecule has 0 saturated carbocycles. The van der Waals surface area contributed by atoms with Crippen molar-refractivity contribution in [3.8, 4) is 0 Å². The number of halogens is 1. The topological polar surface area (TPSA) is 18.5 Å². The minimum Gasteiger partial charge on any atom is -0.369 e. The van der Waals surface area contributed by atoms with Gasteiger partial charge < -0.3 is 10.2 Å². The van der Waals surface area contributed by atoms with E-state index in [4.69, 9.17) is 0 Å². The smallest absolute Gasteiger partial charge is 0.0378 e. The highest BCUT2D eigenvalue weighted by Crippen LogP contribution is 2.25. The van der Waals surface area contributed by atoms with Gasteiger partial charge in [0.15, 0.2) is 0 Å². The van der Waals surface area contributed by atoms with Crippen molar-refractivity contribution in [1.82, 2.24) is 10.2 Å². The van der Waals surface area contributed by atoms with Crippen molar-refractivity contribution in [2.75, 3.05) is 44.2 Å². The molecule has 104 valence electrons. The van der Waals surface area contributed by atoms with Gasteiger partial charge in [-0.1, -0.05) is 22.0 Å². The Morgan fingerprint density at radius 2 is 2.00 bits per heavy atom. The van der Waals surface area contributed by atoms with Crippen molar-refractivity contribution in [3.63, 3.8) is 0 Å². The van der Waals surface area contributed by atoms with Crippen molar-refractivity contribution >= 4 is 21.6 Å². The Balaban J connectivity index is 1.61. The maximum absolute atomic E-state index is 3.63. The lowest BCUT2D eigenvalue weighted by Gasteiger charge is -2.39. The van der Waals surface area contributed by atoms with Crippen LogP contribution >= 0.6 is 15.9 Å². The van der Waals surface area contributed by atoms with Crippen LogP contribution in [0.5, 0.6) is 0 Å². The van der Waals surface area contributed by atoms with Crippen LogP contribution < -0.4 is 10.2 Å². The number of hydrogen-bond donors (Lipinski definition) is 1. The van der Waals surface area contributed by atoms with Crippen LogP contribution in [0.25, 0.3) is 0 Å². The molecule has 0 amide bonds. The Kier molecular flexibility index (Phi) is 4.10. The molecule has 0 aliphatic carbocycles. The minimum atomic E-state index is 0.770. The average molecular weight is 324 g/mol. The Morgan fingerprint density at radius 3 is 2.63 bits per heavy atom. The van der Waals surface area contributed by atoms with E-state index in [-0.39, 0.29) is 0 Å². The summed E-state index contributed by atoms with van der Waals surface area (Å²) in [5.41, 5.74) is 2.65. The van der Waals surface area contributed by atoms with Gasteiger partial charge in [-0.05, 0) is 37.6 Å². The van der Waals surface area contributed by atoms with E-state index >= 15 is 0 Å². The molecule has 1 unspecified atom stereocenters. The molecule has 3 rings (SSSR count). The first kappa shape index (κ1) is 13.4. The lowest BCUT2D eigenvalue weighted by molar-refractivity contribution is 0.196. The van der Waals surface area contributed by atoms with Crippen LogP contribution in [0.3, 0.4) is 0 Å². The van der Waals surface area contributed by atoms with Crippen LogP contribution in [0.15, 0.2) is 22.7 Å². The molecule has 2 aliphatic heterocycles. The molecular weight excluding hydrogens is 302 g/mol. The molecular formula is C15H22BrN3. The zero-order chi connectivity index (χ0) is 13.2. The fourth-order valence-corrected chi connectivity index (χ4v) is 3.44. The number of nitrogens with one attached hydrogen (secondary N) is 1. The molecule has 1 aromatic carbocycles. The standard InChI is InChI=1S/C15H22BrN3/c1-12-2-3-13(10-15(12)16)18-6-8-19(9-7-18)14-4-5-17-11-14/h2-3,10,14,17H,4-9,11H2,1H3. The second-order valence-electron chi connectivity index (χ2n) is 5.60. The van der Waals surface area contributed by atoms with E-state index < -0.39 is 0 Å². The van der Waals surface area contributed by atoms with Gasteiger partial charge >= 0.3 is 0 Å². The first-order chi connectivity index (χ1) is 9.24. The summed E-state index contributed by atoms with van der Waals surface area (Å²) < 4.78 is 1.22. The second-order valence-corrected chi connectivity index (χ2v) is 6.46. The van der Waals surface area contributed by atoms with E-state index in [9.17, 15) is 0 Å². The van der Waals surface area contributed by atoms with E-state index in [0.29, 0.717) is 0 Å². The number of rotatable bonds is 2. The van der Waals surface area contributed by atoms with Crippen molar-refractivity contribution in [2.24, 2.45) is 0 Å². The Hall–Kier alpha value is -0.580. The van der Waals surface area contributed by atoms with Crippen molar-refractivity contribution in [1.29, 1.82) is 0 Å². The molecule has 2 fully saturated rings. The largest absolute Gasteiger partial charge is 0.369 e. The first-order valence-corrected chi connectivity index (χ1v) is 7.99. The molecule has 2 saturated heterocycles. The summed E-state index contributed by atoms with van der Waals surface area (Å²) in [4.78, 5) is 5.16. The second kappa shape index (κ2) is 5.81. The van der Waals surface area contributed by atoms with Gasteiger partial charge in [0.25, 0.3) is 0 Å². The van der Waals surface area contributed by atoms with Crippen LogP contribution in [0.4, 0.5) is 5.69 Å². The summed E-state index contributed by atoms with van der Waals surface area (Å²) in [5.74, 6) is 0. The van der Waals surface area contributed by atoms with Gasteiger partial charge in [-0.2, -0.15) is 0 Å². The van der Waals surface area contributed by atoms with E-state index in [2.05, 4.69) is 56.2 Å². The SMILES string of the molecule is Cc1ccc(N2CCN(C3CCNC3)CC2)cc1Br. The number of nitrogens with zero attached hydrogens (tertiary/aromatic N) is 2. The third-order valence-corrected chi connectivity index (χ3v) is 5.24. The molecule has 0 radical (unpaired) electrons. The predicted octanol–water partition coefficient (Wildman–Crippen LogP) is 2.24. The van der Waals surface area contributed by atoms with E-state index in [1.54, 1.807) is 0 Å². The molecule has 4 heteroatoms. The molecule has 3 nitrogen and oxygen atoms in total. The number of aryl methyl sites for hydroxylation is 1. The summed E-state index contributed by atoms with van der Waals surface area (Å²) in [6.07, 6.45) is 1.32. The summed E-state index contributed by atoms with van der Waals surface area (Å²) in [7, 11) is 0. The molecule has 1 atom stereocenters. The maximum atomic E-state index is 3.63. The highest BCUT2D eigenvalue weighted by molar-refractivity contribution is 9.10. The highest BCUT2D eigenvalue weighted by atomic mass is 79.9. The molecule has 19 heavy (non-hydrogen) atoms. The monoisotopic (exact) mass is 323 g/mol. The molecule has 2 heterocycles. The van der Waals surface area contributed by atoms with Crippen LogP contribution in [-0.2, 0) is 0 Å². The van der Waals surface area contributed by atoms with Crippen molar-refractivity contribution in [2.45, 2.75) is 19.4 Å². The zero-order valence-corrected chi connectivity index (χ0v) is 13.1. The maximum Gasteiger partial charge on any atom is 0.0378 e. The highest BCUT2D eigenvalue weighted by Gasteiger charge is 2.26. The Morgan fingerprint density at radius 1 is 1.21 bits per heavy atom. The Bertz CT molecular complexity index is 435. The number of piperazine rings is 1. The van der Waals surface area contributed by atoms with Gasteiger partial charge in [-0.3, -0.25) is 4.90 Å². The third-order valence-electron chi connectivity index (χ3n) is 4.39. The lowest BCUT2D eigenvalue weighted by Crippen LogP contribution is -2.51. The van der Waals surface area contributed by atoms with Gasteiger partial charge in [0.05, 0.1) is 0 Å². The number of benzene rings is 1. The van der Waals surface area contributed by atoms with Crippen LogP contribution in [0.1, 0.15) is 12.0 Å². The normalized spacial score (nSPS) is 24.9. The zero-order valence-electron chi connectivity index (χ0n) is 11.5. The molecule has 2 aliphatic rings. The molecule has 1 aromatic rings. The summed E-state index contributed by atoms with van der Waals surface area (Å²) in [6, 6.07) is 7.47. The predicted molar refractivity (Wildman–Crippen MR) is 83.9 cm³/mol. The summed E-state index contributed by atoms with van der Waals surface area (Å²) >= 11 is 3.63. The van der Waals surface area contributed by atoms with E-state index in [1.807, 2.05) is 0 Å². The third kappa shape index (κ3) is 2.96. The molecule has 0 bridgehead atoms. The summed E-state index contributed by atoms with van der Waals surface area (Å²) in [5, 5.41) is 3.46. The van der Waals surface area contributed by atoms with Gasteiger partial charge in [-0.15, -0.1) is 0 Å². The van der Waals surface area contributed by atoms with Gasteiger partial charge in [-0.25, -0.2) is 0 Å².